The zero-order valence-electron chi connectivity index (χ0n) is 16.3. The fourth-order valence-corrected chi connectivity index (χ4v) is 4.79. The Bertz CT molecular complexity index is 952. The summed E-state index contributed by atoms with van der Waals surface area (Å²) in [6, 6.07) is 4.04. The van der Waals surface area contributed by atoms with Crippen LogP contribution in [0.15, 0.2) is 28.9 Å². The van der Waals surface area contributed by atoms with Crippen LogP contribution in [0.5, 0.6) is 5.75 Å². The monoisotopic (exact) mass is 420 g/mol. The molecule has 3 aliphatic rings. The standard InChI is InChI=1S/C21H22ClFN2O4/c1-12(2)19-14(7-24-29-19)17(26)6-20-9-21(10-20,11-20)25-18(27)8-28-13-3-4-15(22)16(23)5-13/h3-5,7,12H,6,8-11H2,1-2H3,(H,25,27). The summed E-state index contributed by atoms with van der Waals surface area (Å²) < 4.78 is 23.9. The van der Waals surface area contributed by atoms with Gasteiger partial charge in [-0.1, -0.05) is 30.6 Å². The van der Waals surface area contributed by atoms with Gasteiger partial charge in [0.1, 0.15) is 17.3 Å². The molecule has 2 aromatic rings. The number of amides is 1. The van der Waals surface area contributed by atoms with E-state index in [1.54, 1.807) is 0 Å². The normalized spacial score (nSPS) is 24.6. The van der Waals surface area contributed by atoms with Gasteiger partial charge < -0.3 is 14.6 Å². The summed E-state index contributed by atoms with van der Waals surface area (Å²) in [5, 5.41) is 6.76. The van der Waals surface area contributed by atoms with Gasteiger partial charge in [0.15, 0.2) is 12.4 Å². The summed E-state index contributed by atoms with van der Waals surface area (Å²) in [5.41, 5.74) is 0.267. The van der Waals surface area contributed by atoms with Crippen molar-refractivity contribution < 1.29 is 23.2 Å². The molecule has 8 heteroatoms. The SMILES string of the molecule is CC(C)c1oncc1C(=O)CC12CC(NC(=O)COc3ccc(Cl)c(F)c3)(C1)C2. The molecule has 0 saturated heterocycles. The number of ketones is 1. The molecule has 3 saturated carbocycles. The number of Topliss-reactive ketones (excluding diaryl/α,β-unsaturated/α-hetero) is 1. The number of halogens is 2. The average molecular weight is 421 g/mol. The van der Waals surface area contributed by atoms with Crippen LogP contribution < -0.4 is 10.1 Å². The van der Waals surface area contributed by atoms with Gasteiger partial charge in [0, 0.05) is 23.9 Å². The maximum Gasteiger partial charge on any atom is 0.258 e. The van der Waals surface area contributed by atoms with Crippen molar-refractivity contribution in [3.63, 3.8) is 0 Å². The molecule has 5 rings (SSSR count). The Balaban J connectivity index is 1.25. The Kier molecular flexibility index (Phi) is 4.89. The third-order valence-corrected chi connectivity index (χ3v) is 6.07. The Hall–Kier alpha value is -2.41. The first-order chi connectivity index (χ1) is 13.7. The number of ether oxygens (including phenoxy) is 1. The van der Waals surface area contributed by atoms with E-state index in [1.165, 1.54) is 18.3 Å². The molecule has 0 spiro atoms. The van der Waals surface area contributed by atoms with Crippen molar-refractivity contribution in [2.45, 2.75) is 51.0 Å². The van der Waals surface area contributed by atoms with Gasteiger partial charge in [-0.3, -0.25) is 9.59 Å². The highest BCUT2D eigenvalue weighted by Gasteiger charge is 2.68. The van der Waals surface area contributed by atoms with Crippen molar-refractivity contribution in [3.05, 3.63) is 46.6 Å². The Morgan fingerprint density at radius 3 is 2.72 bits per heavy atom. The van der Waals surface area contributed by atoms with E-state index < -0.39 is 5.82 Å². The average Bonchev–Trinajstić information content (AvgIpc) is 3.10. The van der Waals surface area contributed by atoms with Crippen molar-refractivity contribution in [1.29, 1.82) is 0 Å². The highest BCUT2D eigenvalue weighted by molar-refractivity contribution is 6.30. The van der Waals surface area contributed by atoms with Gasteiger partial charge in [-0.25, -0.2) is 4.39 Å². The number of aromatic nitrogens is 1. The summed E-state index contributed by atoms with van der Waals surface area (Å²) in [7, 11) is 0. The first-order valence-electron chi connectivity index (χ1n) is 9.58. The lowest BCUT2D eigenvalue weighted by Crippen LogP contribution is -2.75. The third-order valence-electron chi connectivity index (χ3n) is 5.76. The molecular weight excluding hydrogens is 399 g/mol. The molecular formula is C21H22ClFN2O4. The molecule has 6 nitrogen and oxygen atoms in total. The Morgan fingerprint density at radius 1 is 1.34 bits per heavy atom. The maximum atomic E-state index is 13.4. The lowest BCUT2D eigenvalue weighted by Gasteiger charge is -2.70. The molecule has 0 atom stereocenters. The van der Waals surface area contributed by atoms with Gasteiger partial charge in [0.25, 0.3) is 5.91 Å². The number of hydrogen-bond donors (Lipinski definition) is 1. The van der Waals surface area contributed by atoms with E-state index in [4.69, 9.17) is 20.9 Å². The molecule has 1 amide bonds. The largest absolute Gasteiger partial charge is 0.484 e. The first-order valence-corrected chi connectivity index (χ1v) is 9.95. The van der Waals surface area contributed by atoms with E-state index in [2.05, 4.69) is 10.5 Å². The molecule has 29 heavy (non-hydrogen) atoms. The zero-order valence-corrected chi connectivity index (χ0v) is 17.0. The lowest BCUT2D eigenvalue weighted by atomic mass is 9.38. The second-order valence-corrected chi connectivity index (χ2v) is 8.99. The minimum Gasteiger partial charge on any atom is -0.484 e. The van der Waals surface area contributed by atoms with Crippen LogP contribution in [0.2, 0.25) is 5.02 Å². The molecule has 3 fully saturated rings. The summed E-state index contributed by atoms with van der Waals surface area (Å²) in [4.78, 5) is 24.8. The van der Waals surface area contributed by atoms with E-state index in [1.807, 2.05) is 13.8 Å². The second-order valence-electron chi connectivity index (χ2n) is 8.58. The predicted molar refractivity (Wildman–Crippen MR) is 104 cm³/mol. The molecule has 1 heterocycles. The molecule has 2 bridgehead atoms. The van der Waals surface area contributed by atoms with Crippen molar-refractivity contribution in [1.82, 2.24) is 10.5 Å². The summed E-state index contributed by atoms with van der Waals surface area (Å²) in [6.07, 6.45) is 4.25. The van der Waals surface area contributed by atoms with Crippen molar-refractivity contribution in [2.75, 3.05) is 6.61 Å². The van der Waals surface area contributed by atoms with Gasteiger partial charge >= 0.3 is 0 Å². The third kappa shape index (κ3) is 3.75. The number of nitrogens with zero attached hydrogens (tertiary/aromatic N) is 1. The van der Waals surface area contributed by atoms with Crippen LogP contribution in [0.1, 0.15) is 61.6 Å². The molecule has 0 unspecified atom stereocenters. The van der Waals surface area contributed by atoms with Crippen LogP contribution in [0, 0.1) is 11.2 Å². The van der Waals surface area contributed by atoms with E-state index in [0.29, 0.717) is 17.7 Å². The van der Waals surface area contributed by atoms with Crippen LogP contribution in [0.3, 0.4) is 0 Å². The molecule has 1 aromatic heterocycles. The van der Waals surface area contributed by atoms with Crippen LogP contribution >= 0.6 is 11.6 Å². The van der Waals surface area contributed by atoms with Crippen LogP contribution in [0.25, 0.3) is 0 Å². The topological polar surface area (TPSA) is 81.4 Å². The van der Waals surface area contributed by atoms with E-state index in [9.17, 15) is 14.0 Å². The highest BCUT2D eigenvalue weighted by Crippen LogP contribution is 2.69. The number of carbonyl (C=O) groups excluding carboxylic acids is 2. The number of carbonyl (C=O) groups is 2. The van der Waals surface area contributed by atoms with Gasteiger partial charge in [-0.15, -0.1) is 0 Å². The van der Waals surface area contributed by atoms with Gasteiger partial charge in [-0.05, 0) is 36.8 Å². The molecule has 1 N–H and O–H groups in total. The molecule has 154 valence electrons. The summed E-state index contributed by atoms with van der Waals surface area (Å²) in [5.74, 6) is 0.161. The molecule has 3 aliphatic carbocycles. The minimum absolute atomic E-state index is 0.00206. The molecule has 1 aromatic carbocycles. The Labute approximate surface area is 172 Å². The van der Waals surface area contributed by atoms with Crippen LogP contribution in [0.4, 0.5) is 4.39 Å². The van der Waals surface area contributed by atoms with Crippen molar-refractivity contribution in [2.24, 2.45) is 5.41 Å². The van der Waals surface area contributed by atoms with E-state index in [0.717, 1.165) is 25.3 Å². The Morgan fingerprint density at radius 2 is 2.07 bits per heavy atom. The van der Waals surface area contributed by atoms with Crippen LogP contribution in [-0.4, -0.2) is 29.0 Å². The smallest absolute Gasteiger partial charge is 0.258 e. The van der Waals surface area contributed by atoms with Crippen molar-refractivity contribution in [3.8, 4) is 5.75 Å². The highest BCUT2D eigenvalue weighted by atomic mass is 35.5. The van der Waals surface area contributed by atoms with E-state index >= 15 is 0 Å². The number of hydrogen-bond acceptors (Lipinski definition) is 5. The predicted octanol–water partition coefficient (Wildman–Crippen LogP) is 4.28. The van der Waals surface area contributed by atoms with E-state index in [-0.39, 0.29) is 45.9 Å². The fourth-order valence-electron chi connectivity index (χ4n) is 4.68. The molecule has 0 aliphatic heterocycles. The molecule has 0 radical (unpaired) electrons. The first kappa shape index (κ1) is 19.9. The number of benzene rings is 1. The van der Waals surface area contributed by atoms with Gasteiger partial charge in [0.2, 0.25) is 0 Å². The number of nitrogens with one attached hydrogen (secondary N) is 1. The minimum atomic E-state index is -0.593. The number of rotatable bonds is 8. The van der Waals surface area contributed by atoms with Crippen LogP contribution in [-0.2, 0) is 4.79 Å². The maximum absolute atomic E-state index is 13.4. The lowest BCUT2D eigenvalue weighted by molar-refractivity contribution is -0.164. The summed E-state index contributed by atoms with van der Waals surface area (Å²) in [6.45, 7) is 3.72. The van der Waals surface area contributed by atoms with Crippen molar-refractivity contribution >= 4 is 23.3 Å². The quantitative estimate of drug-likeness (QED) is 0.644. The van der Waals surface area contributed by atoms with Gasteiger partial charge in [-0.2, -0.15) is 0 Å². The zero-order chi connectivity index (χ0) is 20.8. The van der Waals surface area contributed by atoms with Gasteiger partial charge in [0.05, 0.1) is 16.8 Å². The fraction of sp³-hybridized carbons (Fsp3) is 0.476. The summed E-state index contributed by atoms with van der Waals surface area (Å²) >= 11 is 5.63. The second kappa shape index (κ2) is 7.13.